The Bertz CT molecular complexity index is 881. The first-order valence-corrected chi connectivity index (χ1v) is 8.66. The van der Waals surface area contributed by atoms with Crippen molar-refractivity contribution in [1.29, 1.82) is 0 Å². The number of Topliss-reactive ketones (excluding diaryl/α,β-unsaturated/α-hetero) is 1. The first-order valence-electron chi connectivity index (χ1n) is 8.66. The Morgan fingerprint density at radius 3 is 2.38 bits per heavy atom. The lowest BCUT2D eigenvalue weighted by molar-refractivity contribution is 0.0242. The molecule has 2 aromatic carbocycles. The van der Waals surface area contributed by atoms with Crippen molar-refractivity contribution in [2.75, 3.05) is 5.73 Å². The molecule has 0 bridgehead atoms. The zero-order chi connectivity index (χ0) is 19.1. The van der Waals surface area contributed by atoms with Gasteiger partial charge in [0.1, 0.15) is 5.60 Å². The molecule has 26 heavy (non-hydrogen) atoms. The largest absolute Gasteiger partial charge is 0.444 e. The lowest BCUT2D eigenvalue weighted by atomic mass is 9.90. The Morgan fingerprint density at radius 2 is 1.77 bits per heavy atom. The third-order valence-electron chi connectivity index (χ3n) is 4.38. The summed E-state index contributed by atoms with van der Waals surface area (Å²) in [6.07, 6.45) is -0.356. The molecule has 0 unspecified atom stereocenters. The molecular formula is C21H24N2O3. The SMILES string of the molecule is CC(=O)c1ccc2c(c1-c1ccccc1N)CN(C(=O)OC(C)(C)C)C2. The van der Waals surface area contributed by atoms with Crippen molar-refractivity contribution < 1.29 is 14.3 Å². The van der Waals surface area contributed by atoms with Gasteiger partial charge in [-0.25, -0.2) is 4.79 Å². The fourth-order valence-electron chi connectivity index (χ4n) is 3.25. The Labute approximate surface area is 153 Å². The summed E-state index contributed by atoms with van der Waals surface area (Å²) >= 11 is 0. The average molecular weight is 352 g/mol. The van der Waals surface area contributed by atoms with E-state index in [1.165, 1.54) is 0 Å². The van der Waals surface area contributed by atoms with Crippen LogP contribution in [0.1, 0.15) is 49.2 Å². The van der Waals surface area contributed by atoms with E-state index in [9.17, 15) is 9.59 Å². The van der Waals surface area contributed by atoms with Crippen molar-refractivity contribution in [2.45, 2.75) is 46.4 Å². The van der Waals surface area contributed by atoms with Crippen LogP contribution in [0.2, 0.25) is 0 Å². The molecule has 0 atom stereocenters. The van der Waals surface area contributed by atoms with Gasteiger partial charge in [0.05, 0.1) is 6.54 Å². The van der Waals surface area contributed by atoms with Gasteiger partial charge in [0.15, 0.2) is 5.78 Å². The van der Waals surface area contributed by atoms with Crippen LogP contribution in [-0.2, 0) is 17.8 Å². The van der Waals surface area contributed by atoms with Crippen LogP contribution in [-0.4, -0.2) is 22.4 Å². The predicted octanol–water partition coefficient (Wildman–Crippen LogP) is 4.39. The highest BCUT2D eigenvalue weighted by atomic mass is 16.6. The lowest BCUT2D eigenvalue weighted by Crippen LogP contribution is -2.33. The number of nitrogens with zero attached hydrogens (tertiary/aromatic N) is 1. The summed E-state index contributed by atoms with van der Waals surface area (Å²) in [7, 11) is 0. The number of amides is 1. The average Bonchev–Trinajstić information content (AvgIpc) is 2.97. The number of carbonyl (C=O) groups is 2. The van der Waals surface area contributed by atoms with E-state index in [1.807, 2.05) is 57.2 Å². The number of para-hydroxylation sites is 1. The zero-order valence-electron chi connectivity index (χ0n) is 15.6. The molecule has 2 aromatic rings. The topological polar surface area (TPSA) is 72.6 Å². The number of carbonyl (C=O) groups excluding carboxylic acids is 2. The van der Waals surface area contributed by atoms with Crippen molar-refractivity contribution >= 4 is 17.6 Å². The number of ketones is 1. The summed E-state index contributed by atoms with van der Waals surface area (Å²) in [5.74, 6) is -0.0261. The smallest absolute Gasteiger partial charge is 0.410 e. The molecule has 5 heteroatoms. The first-order chi connectivity index (χ1) is 12.2. The fourth-order valence-corrected chi connectivity index (χ4v) is 3.25. The number of rotatable bonds is 2. The second-order valence-electron chi connectivity index (χ2n) is 7.61. The molecule has 136 valence electrons. The molecule has 1 aliphatic heterocycles. The van der Waals surface area contributed by atoms with Gasteiger partial charge in [-0.2, -0.15) is 0 Å². The maximum absolute atomic E-state index is 12.5. The lowest BCUT2D eigenvalue weighted by Gasteiger charge is -2.24. The van der Waals surface area contributed by atoms with Gasteiger partial charge in [-0.3, -0.25) is 9.69 Å². The van der Waals surface area contributed by atoms with Crippen LogP contribution >= 0.6 is 0 Å². The third-order valence-corrected chi connectivity index (χ3v) is 4.38. The van der Waals surface area contributed by atoms with Crippen LogP contribution in [0.3, 0.4) is 0 Å². The number of anilines is 1. The van der Waals surface area contributed by atoms with E-state index in [0.29, 0.717) is 24.3 Å². The number of nitrogen functional groups attached to an aromatic ring is 1. The van der Waals surface area contributed by atoms with Gasteiger partial charge in [0.25, 0.3) is 0 Å². The van der Waals surface area contributed by atoms with Crippen LogP contribution in [0.4, 0.5) is 10.5 Å². The maximum Gasteiger partial charge on any atom is 0.410 e. The second kappa shape index (κ2) is 6.48. The number of ether oxygens (including phenoxy) is 1. The predicted molar refractivity (Wildman–Crippen MR) is 102 cm³/mol. The van der Waals surface area contributed by atoms with Gasteiger partial charge in [-0.1, -0.05) is 30.3 Å². The maximum atomic E-state index is 12.5. The highest BCUT2D eigenvalue weighted by Crippen LogP contribution is 2.38. The van der Waals surface area contributed by atoms with Gasteiger partial charge in [0, 0.05) is 23.4 Å². The molecule has 0 spiro atoms. The summed E-state index contributed by atoms with van der Waals surface area (Å²) in [5, 5.41) is 0. The van der Waals surface area contributed by atoms with Gasteiger partial charge in [-0.15, -0.1) is 0 Å². The summed E-state index contributed by atoms with van der Waals surface area (Å²) in [6.45, 7) is 7.94. The van der Waals surface area contributed by atoms with Crippen LogP contribution in [0.25, 0.3) is 11.1 Å². The van der Waals surface area contributed by atoms with E-state index < -0.39 is 5.60 Å². The molecule has 3 rings (SSSR count). The van der Waals surface area contributed by atoms with Crippen molar-refractivity contribution in [2.24, 2.45) is 0 Å². The van der Waals surface area contributed by atoms with E-state index in [0.717, 1.165) is 22.3 Å². The zero-order valence-corrected chi connectivity index (χ0v) is 15.6. The molecular weight excluding hydrogens is 328 g/mol. The van der Waals surface area contributed by atoms with Gasteiger partial charge >= 0.3 is 6.09 Å². The Hall–Kier alpha value is -2.82. The number of hydrogen-bond donors (Lipinski definition) is 1. The standard InChI is InChI=1S/C21H24N2O3/c1-13(24)15-10-9-14-11-23(20(25)26-21(2,3)4)12-17(14)19(15)16-7-5-6-8-18(16)22/h5-10H,11-12,22H2,1-4H3. The van der Waals surface area contributed by atoms with E-state index >= 15 is 0 Å². The van der Waals surface area contributed by atoms with Crippen LogP contribution in [0.15, 0.2) is 36.4 Å². The minimum absolute atomic E-state index is 0.0261. The molecule has 0 aliphatic carbocycles. The molecule has 2 N–H and O–H groups in total. The summed E-state index contributed by atoms with van der Waals surface area (Å²) in [5.41, 5.74) is 10.5. The number of hydrogen-bond acceptors (Lipinski definition) is 4. The van der Waals surface area contributed by atoms with Crippen molar-refractivity contribution in [3.8, 4) is 11.1 Å². The number of benzene rings is 2. The molecule has 1 aliphatic rings. The fraction of sp³-hybridized carbons (Fsp3) is 0.333. The molecule has 0 radical (unpaired) electrons. The molecule has 0 saturated heterocycles. The number of fused-ring (bicyclic) bond motifs is 1. The van der Waals surface area contributed by atoms with Gasteiger partial charge in [-0.05, 0) is 50.5 Å². The quantitative estimate of drug-likeness (QED) is 0.643. The van der Waals surface area contributed by atoms with Crippen molar-refractivity contribution in [3.63, 3.8) is 0 Å². The van der Waals surface area contributed by atoms with Crippen molar-refractivity contribution in [3.05, 3.63) is 53.1 Å². The summed E-state index contributed by atoms with van der Waals surface area (Å²) in [6, 6.07) is 11.2. The molecule has 1 amide bonds. The monoisotopic (exact) mass is 352 g/mol. The second-order valence-corrected chi connectivity index (χ2v) is 7.61. The molecule has 1 heterocycles. The van der Waals surface area contributed by atoms with Crippen LogP contribution < -0.4 is 5.73 Å². The van der Waals surface area contributed by atoms with E-state index in [-0.39, 0.29) is 11.9 Å². The van der Waals surface area contributed by atoms with Gasteiger partial charge < -0.3 is 10.5 Å². The number of nitrogens with two attached hydrogens (primary N) is 1. The molecule has 0 saturated carbocycles. The van der Waals surface area contributed by atoms with Crippen LogP contribution in [0.5, 0.6) is 0 Å². The Kier molecular flexibility index (Phi) is 4.48. The van der Waals surface area contributed by atoms with E-state index in [2.05, 4.69) is 0 Å². The highest BCUT2D eigenvalue weighted by Gasteiger charge is 2.31. The van der Waals surface area contributed by atoms with E-state index in [4.69, 9.17) is 10.5 Å². The summed E-state index contributed by atoms with van der Waals surface area (Å²) in [4.78, 5) is 26.3. The first kappa shape index (κ1) is 18.0. The normalized spacial score (nSPS) is 13.5. The molecule has 0 aromatic heterocycles. The highest BCUT2D eigenvalue weighted by molar-refractivity contribution is 6.03. The van der Waals surface area contributed by atoms with E-state index in [1.54, 1.807) is 11.8 Å². The Morgan fingerprint density at radius 1 is 1.08 bits per heavy atom. The summed E-state index contributed by atoms with van der Waals surface area (Å²) < 4.78 is 5.50. The van der Waals surface area contributed by atoms with Crippen molar-refractivity contribution in [1.82, 2.24) is 4.90 Å². The minimum Gasteiger partial charge on any atom is -0.444 e. The Balaban J connectivity index is 2.06. The molecule has 0 fully saturated rings. The third kappa shape index (κ3) is 3.43. The van der Waals surface area contributed by atoms with Crippen LogP contribution in [0, 0.1) is 0 Å². The van der Waals surface area contributed by atoms with Gasteiger partial charge in [0.2, 0.25) is 0 Å². The molecule has 5 nitrogen and oxygen atoms in total. The minimum atomic E-state index is -0.552.